The molecular formula is C18H18N2O3. The summed E-state index contributed by atoms with van der Waals surface area (Å²) in [5, 5.41) is 13.1. The molecule has 1 heterocycles. The van der Waals surface area contributed by atoms with Crippen molar-refractivity contribution in [2.75, 3.05) is 13.2 Å². The summed E-state index contributed by atoms with van der Waals surface area (Å²) in [5.41, 5.74) is 2.06. The van der Waals surface area contributed by atoms with Crippen molar-refractivity contribution in [2.24, 2.45) is 0 Å². The average Bonchev–Trinajstić information content (AvgIpc) is 3.14. The minimum atomic E-state index is -0.0246. The number of ether oxygens (including phenoxy) is 2. The zero-order valence-corrected chi connectivity index (χ0v) is 12.6. The van der Waals surface area contributed by atoms with Crippen LogP contribution in [0.3, 0.4) is 0 Å². The molecule has 5 heteroatoms. The van der Waals surface area contributed by atoms with E-state index in [1.54, 1.807) is 6.20 Å². The molecule has 3 rings (SSSR count). The molecule has 0 amide bonds. The highest BCUT2D eigenvalue weighted by Gasteiger charge is 2.05. The third-order valence-electron chi connectivity index (χ3n) is 3.30. The zero-order valence-electron chi connectivity index (χ0n) is 12.6. The molecular weight excluding hydrogens is 292 g/mol. The molecule has 1 N–H and O–H groups in total. The number of hydrogen-bond acceptors (Lipinski definition) is 4. The van der Waals surface area contributed by atoms with Crippen molar-refractivity contribution in [2.45, 2.75) is 6.61 Å². The lowest BCUT2D eigenvalue weighted by atomic mass is 10.2. The quantitative estimate of drug-likeness (QED) is 0.729. The second-order valence-corrected chi connectivity index (χ2v) is 4.92. The van der Waals surface area contributed by atoms with Gasteiger partial charge in [-0.3, -0.25) is 0 Å². The normalized spacial score (nSPS) is 10.5. The van der Waals surface area contributed by atoms with Gasteiger partial charge >= 0.3 is 0 Å². The standard InChI is InChI=1S/C18H18N2O3/c21-12-13-22-17-4-1-2-5-18(17)23-14-15-6-8-16(9-7-15)20-11-3-10-19-20/h1-11,21H,12-14H2. The summed E-state index contributed by atoms with van der Waals surface area (Å²) in [6.07, 6.45) is 3.65. The van der Waals surface area contributed by atoms with Gasteiger partial charge in [0.05, 0.1) is 12.3 Å². The molecule has 0 aliphatic rings. The van der Waals surface area contributed by atoms with Gasteiger partial charge in [0.1, 0.15) is 13.2 Å². The molecule has 0 aliphatic heterocycles. The highest BCUT2D eigenvalue weighted by molar-refractivity contribution is 5.40. The summed E-state index contributed by atoms with van der Waals surface area (Å²) >= 11 is 0. The third-order valence-corrected chi connectivity index (χ3v) is 3.30. The van der Waals surface area contributed by atoms with Crippen molar-refractivity contribution < 1.29 is 14.6 Å². The van der Waals surface area contributed by atoms with Gasteiger partial charge < -0.3 is 14.6 Å². The molecule has 1 aromatic heterocycles. The number of aliphatic hydroxyl groups excluding tert-OH is 1. The van der Waals surface area contributed by atoms with Crippen LogP contribution >= 0.6 is 0 Å². The van der Waals surface area contributed by atoms with Crippen LogP contribution < -0.4 is 9.47 Å². The maximum absolute atomic E-state index is 8.86. The van der Waals surface area contributed by atoms with Crippen LogP contribution in [0.15, 0.2) is 67.0 Å². The lowest BCUT2D eigenvalue weighted by molar-refractivity contribution is 0.192. The van der Waals surface area contributed by atoms with Crippen LogP contribution in [-0.4, -0.2) is 28.1 Å². The Morgan fingerprint density at radius 2 is 1.65 bits per heavy atom. The SMILES string of the molecule is OCCOc1ccccc1OCc1ccc(-n2cccn2)cc1. The Balaban J connectivity index is 1.64. The first-order chi connectivity index (χ1) is 11.4. The van der Waals surface area contributed by atoms with E-state index in [2.05, 4.69) is 5.10 Å². The molecule has 0 bridgehead atoms. The second-order valence-electron chi connectivity index (χ2n) is 4.92. The maximum atomic E-state index is 8.86. The van der Waals surface area contributed by atoms with Gasteiger partial charge in [0.15, 0.2) is 11.5 Å². The van der Waals surface area contributed by atoms with Gasteiger partial charge in [0.2, 0.25) is 0 Å². The molecule has 0 fully saturated rings. The number of nitrogens with zero attached hydrogens (tertiary/aromatic N) is 2. The fourth-order valence-electron chi connectivity index (χ4n) is 2.17. The Hall–Kier alpha value is -2.79. The molecule has 0 unspecified atom stereocenters. The van der Waals surface area contributed by atoms with E-state index in [9.17, 15) is 0 Å². The third kappa shape index (κ3) is 3.90. The van der Waals surface area contributed by atoms with E-state index in [-0.39, 0.29) is 13.2 Å². The van der Waals surface area contributed by atoms with Crippen molar-refractivity contribution in [3.8, 4) is 17.2 Å². The van der Waals surface area contributed by atoms with Gasteiger partial charge in [-0.15, -0.1) is 0 Å². The smallest absolute Gasteiger partial charge is 0.161 e. The Morgan fingerprint density at radius 1 is 0.913 bits per heavy atom. The molecule has 0 aliphatic carbocycles. The Morgan fingerprint density at radius 3 is 2.30 bits per heavy atom. The van der Waals surface area contributed by atoms with Gasteiger partial charge in [-0.05, 0) is 35.9 Å². The van der Waals surface area contributed by atoms with Crippen LogP contribution in [0.25, 0.3) is 5.69 Å². The Bertz CT molecular complexity index is 724. The van der Waals surface area contributed by atoms with Gasteiger partial charge in [-0.2, -0.15) is 5.10 Å². The first kappa shape index (κ1) is 15.1. The number of rotatable bonds is 7. The predicted molar refractivity (Wildman–Crippen MR) is 86.9 cm³/mol. The van der Waals surface area contributed by atoms with E-state index >= 15 is 0 Å². The maximum Gasteiger partial charge on any atom is 0.161 e. The number of benzene rings is 2. The summed E-state index contributed by atoms with van der Waals surface area (Å²) in [7, 11) is 0. The Labute approximate surface area is 134 Å². The minimum Gasteiger partial charge on any atom is -0.487 e. The van der Waals surface area contributed by atoms with Crippen LogP contribution in [0, 0.1) is 0 Å². The molecule has 5 nitrogen and oxygen atoms in total. The fourth-order valence-corrected chi connectivity index (χ4v) is 2.17. The van der Waals surface area contributed by atoms with Crippen LogP contribution in [0.5, 0.6) is 11.5 Å². The van der Waals surface area contributed by atoms with Crippen LogP contribution in [0.4, 0.5) is 0 Å². The largest absolute Gasteiger partial charge is 0.487 e. The summed E-state index contributed by atoms with van der Waals surface area (Å²) in [6, 6.07) is 17.3. The monoisotopic (exact) mass is 310 g/mol. The molecule has 2 aromatic carbocycles. The lowest BCUT2D eigenvalue weighted by Gasteiger charge is -2.12. The van der Waals surface area contributed by atoms with E-state index in [1.165, 1.54) is 0 Å². The summed E-state index contributed by atoms with van der Waals surface area (Å²) < 4.78 is 13.1. The molecule has 0 saturated carbocycles. The predicted octanol–water partition coefficient (Wildman–Crippen LogP) is 2.82. The zero-order chi connectivity index (χ0) is 15.9. The van der Waals surface area contributed by atoms with E-state index in [0.717, 1.165) is 11.3 Å². The molecule has 0 saturated heterocycles. The van der Waals surface area contributed by atoms with Crippen molar-refractivity contribution in [3.05, 3.63) is 72.6 Å². The first-order valence-corrected chi connectivity index (χ1v) is 7.41. The first-order valence-electron chi connectivity index (χ1n) is 7.41. The van der Waals surface area contributed by atoms with Gasteiger partial charge in [-0.1, -0.05) is 24.3 Å². The van der Waals surface area contributed by atoms with E-state index < -0.39 is 0 Å². The van der Waals surface area contributed by atoms with Crippen LogP contribution in [0.1, 0.15) is 5.56 Å². The van der Waals surface area contributed by atoms with Gasteiger partial charge in [0.25, 0.3) is 0 Å². The lowest BCUT2D eigenvalue weighted by Crippen LogP contribution is -2.04. The fraction of sp³-hybridized carbons (Fsp3) is 0.167. The van der Waals surface area contributed by atoms with Crippen LogP contribution in [0.2, 0.25) is 0 Å². The number of aromatic nitrogens is 2. The molecule has 0 atom stereocenters. The molecule has 0 spiro atoms. The molecule has 23 heavy (non-hydrogen) atoms. The summed E-state index contributed by atoms with van der Waals surface area (Å²) in [4.78, 5) is 0. The number of aliphatic hydroxyl groups is 1. The number of hydrogen-bond donors (Lipinski definition) is 1. The van der Waals surface area contributed by atoms with Crippen LogP contribution in [-0.2, 0) is 6.61 Å². The molecule has 0 radical (unpaired) electrons. The highest BCUT2D eigenvalue weighted by atomic mass is 16.5. The van der Waals surface area contributed by atoms with Crippen molar-refractivity contribution >= 4 is 0 Å². The van der Waals surface area contributed by atoms with Gasteiger partial charge in [-0.25, -0.2) is 4.68 Å². The average molecular weight is 310 g/mol. The minimum absolute atomic E-state index is 0.0246. The summed E-state index contributed by atoms with van der Waals surface area (Å²) in [6.45, 7) is 0.668. The van der Waals surface area contributed by atoms with Crippen molar-refractivity contribution in [1.82, 2.24) is 9.78 Å². The van der Waals surface area contributed by atoms with Crippen molar-refractivity contribution in [1.29, 1.82) is 0 Å². The van der Waals surface area contributed by atoms with E-state index in [4.69, 9.17) is 14.6 Å². The second kappa shape index (κ2) is 7.47. The molecule has 118 valence electrons. The summed E-state index contributed by atoms with van der Waals surface area (Å²) in [5.74, 6) is 1.30. The van der Waals surface area contributed by atoms with Crippen molar-refractivity contribution in [3.63, 3.8) is 0 Å². The number of para-hydroxylation sites is 2. The molecule has 3 aromatic rings. The van der Waals surface area contributed by atoms with E-state index in [1.807, 2.05) is 65.5 Å². The van der Waals surface area contributed by atoms with Gasteiger partial charge in [0, 0.05) is 12.4 Å². The Kier molecular flexibility index (Phi) is 4.91. The van der Waals surface area contributed by atoms with E-state index in [0.29, 0.717) is 18.1 Å². The topological polar surface area (TPSA) is 56.5 Å². The highest BCUT2D eigenvalue weighted by Crippen LogP contribution is 2.27.